The van der Waals surface area contributed by atoms with E-state index in [9.17, 15) is 0 Å². The molecule has 0 spiro atoms. The van der Waals surface area contributed by atoms with Crippen LogP contribution >= 0.6 is 12.2 Å². The van der Waals surface area contributed by atoms with Crippen LogP contribution in [0.25, 0.3) is 0 Å². The Bertz CT molecular complexity index is 702. The Kier molecular flexibility index (Phi) is 5.94. The van der Waals surface area contributed by atoms with Crippen LogP contribution in [0.3, 0.4) is 0 Å². The van der Waals surface area contributed by atoms with Gasteiger partial charge < -0.3 is 14.8 Å². The number of hydrogen-bond donors (Lipinski definition) is 2. The number of nitrogens with one attached hydrogen (secondary N) is 2. The largest absolute Gasteiger partial charge is 0.497 e. The molecule has 0 heterocycles. The van der Waals surface area contributed by atoms with Crippen LogP contribution in [-0.4, -0.2) is 25.0 Å². The van der Waals surface area contributed by atoms with E-state index in [1.165, 1.54) is 0 Å². The highest BCUT2D eigenvalue weighted by molar-refractivity contribution is 7.80. The molecule has 120 valence electrons. The van der Waals surface area contributed by atoms with Crippen molar-refractivity contribution in [1.29, 1.82) is 0 Å². The van der Waals surface area contributed by atoms with Crippen molar-refractivity contribution in [3.05, 3.63) is 54.1 Å². The van der Waals surface area contributed by atoms with Crippen LogP contribution < -0.4 is 20.2 Å². The summed E-state index contributed by atoms with van der Waals surface area (Å²) >= 11 is 5.22. The lowest BCUT2D eigenvalue weighted by Gasteiger charge is -2.11. The minimum absolute atomic E-state index is 0.419. The van der Waals surface area contributed by atoms with Crippen molar-refractivity contribution in [2.45, 2.75) is 6.92 Å². The smallest absolute Gasteiger partial charge is 0.191 e. The molecule has 0 fully saturated rings. The molecule has 2 rings (SSSR count). The van der Waals surface area contributed by atoms with Gasteiger partial charge in [-0.25, -0.2) is 0 Å². The quantitative estimate of drug-likeness (QED) is 0.500. The van der Waals surface area contributed by atoms with Gasteiger partial charge in [0.15, 0.2) is 5.11 Å². The number of nitrogens with zero attached hydrogens (tertiary/aromatic N) is 1. The molecule has 0 saturated heterocycles. The molecular formula is C17H19N3O2S. The molecule has 0 aliphatic heterocycles. The highest BCUT2D eigenvalue weighted by Gasteiger charge is 2.08. The summed E-state index contributed by atoms with van der Waals surface area (Å²) in [4.78, 5) is 0. The zero-order valence-electron chi connectivity index (χ0n) is 13.3. The third-order valence-corrected chi connectivity index (χ3v) is 3.35. The van der Waals surface area contributed by atoms with Crippen molar-refractivity contribution in [1.82, 2.24) is 5.43 Å². The van der Waals surface area contributed by atoms with E-state index in [2.05, 4.69) is 15.8 Å². The molecule has 0 aliphatic rings. The second kappa shape index (κ2) is 8.14. The highest BCUT2D eigenvalue weighted by atomic mass is 32.1. The number of ether oxygens (including phenoxy) is 2. The molecule has 0 bridgehead atoms. The summed E-state index contributed by atoms with van der Waals surface area (Å²) in [6.07, 6.45) is 0. The lowest BCUT2D eigenvalue weighted by atomic mass is 10.1. The average Bonchev–Trinajstić information content (AvgIpc) is 2.60. The summed E-state index contributed by atoms with van der Waals surface area (Å²) in [7, 11) is 3.23. The Labute approximate surface area is 141 Å². The number of hydrogen-bond acceptors (Lipinski definition) is 4. The lowest BCUT2D eigenvalue weighted by Crippen LogP contribution is -2.25. The normalized spacial score (nSPS) is 10.8. The molecule has 0 saturated carbocycles. The Balaban J connectivity index is 2.06. The SMILES string of the molecule is COc1ccc(/C(C)=N/NC(=S)Nc2ccccc2)c(OC)c1. The Hall–Kier alpha value is -2.60. The predicted molar refractivity (Wildman–Crippen MR) is 97.6 cm³/mol. The van der Waals surface area contributed by atoms with Gasteiger partial charge >= 0.3 is 0 Å². The minimum atomic E-state index is 0.419. The molecule has 6 heteroatoms. The van der Waals surface area contributed by atoms with Gasteiger partial charge in [0.2, 0.25) is 0 Å². The van der Waals surface area contributed by atoms with Gasteiger partial charge in [-0.15, -0.1) is 0 Å². The van der Waals surface area contributed by atoms with Crippen molar-refractivity contribution in [2.75, 3.05) is 19.5 Å². The summed E-state index contributed by atoms with van der Waals surface area (Å²) in [5.41, 5.74) is 5.35. The van der Waals surface area contributed by atoms with E-state index in [0.29, 0.717) is 10.9 Å². The summed E-state index contributed by atoms with van der Waals surface area (Å²) < 4.78 is 10.6. The number of thiocarbonyl (C=S) groups is 1. The zero-order chi connectivity index (χ0) is 16.7. The van der Waals surface area contributed by atoms with Crippen molar-refractivity contribution in [2.24, 2.45) is 5.10 Å². The van der Waals surface area contributed by atoms with E-state index in [1.807, 2.05) is 55.5 Å². The Morgan fingerprint density at radius 2 is 1.78 bits per heavy atom. The highest BCUT2D eigenvalue weighted by Crippen LogP contribution is 2.25. The number of hydrazone groups is 1. The number of para-hydroxylation sites is 1. The van der Waals surface area contributed by atoms with Crippen LogP contribution in [0.15, 0.2) is 53.6 Å². The molecule has 5 nitrogen and oxygen atoms in total. The molecule has 0 radical (unpaired) electrons. The topological polar surface area (TPSA) is 54.9 Å². The molecule has 2 aromatic rings. The summed E-state index contributed by atoms with van der Waals surface area (Å²) in [5, 5.41) is 7.77. The fraction of sp³-hybridized carbons (Fsp3) is 0.176. The third-order valence-electron chi connectivity index (χ3n) is 3.16. The summed E-state index contributed by atoms with van der Waals surface area (Å²) in [6, 6.07) is 15.2. The second-order valence-electron chi connectivity index (χ2n) is 4.70. The first-order valence-electron chi connectivity index (χ1n) is 7.02. The molecule has 2 aromatic carbocycles. The van der Waals surface area contributed by atoms with E-state index in [-0.39, 0.29) is 0 Å². The van der Waals surface area contributed by atoms with Gasteiger partial charge in [0.1, 0.15) is 11.5 Å². The number of rotatable bonds is 5. The molecule has 2 N–H and O–H groups in total. The maximum Gasteiger partial charge on any atom is 0.191 e. The van der Waals surface area contributed by atoms with Gasteiger partial charge in [-0.05, 0) is 43.4 Å². The van der Waals surface area contributed by atoms with Gasteiger partial charge in [-0.1, -0.05) is 18.2 Å². The standard InChI is InChI=1S/C17H19N3O2S/c1-12(15-10-9-14(21-2)11-16(15)22-3)19-20-17(23)18-13-7-5-4-6-8-13/h4-11H,1-3H3,(H2,18,20,23)/b19-12+. The first kappa shape index (κ1) is 16.8. The molecule has 0 unspecified atom stereocenters. The first-order chi connectivity index (χ1) is 11.1. The van der Waals surface area contributed by atoms with E-state index in [0.717, 1.165) is 22.7 Å². The number of anilines is 1. The van der Waals surface area contributed by atoms with Gasteiger partial charge in [0.05, 0.1) is 19.9 Å². The van der Waals surface area contributed by atoms with Gasteiger partial charge in [-0.3, -0.25) is 5.43 Å². The van der Waals surface area contributed by atoms with Crippen LogP contribution in [0.5, 0.6) is 11.5 Å². The van der Waals surface area contributed by atoms with Crippen molar-refractivity contribution in [3.63, 3.8) is 0 Å². The molecule has 23 heavy (non-hydrogen) atoms. The minimum Gasteiger partial charge on any atom is -0.497 e. The van der Waals surface area contributed by atoms with Crippen molar-refractivity contribution < 1.29 is 9.47 Å². The Morgan fingerprint density at radius 3 is 2.43 bits per heavy atom. The van der Waals surface area contributed by atoms with Gasteiger partial charge in [0, 0.05) is 17.3 Å². The Morgan fingerprint density at radius 1 is 1.04 bits per heavy atom. The first-order valence-corrected chi connectivity index (χ1v) is 7.43. The van der Waals surface area contributed by atoms with Crippen molar-refractivity contribution >= 4 is 28.7 Å². The van der Waals surface area contributed by atoms with Gasteiger partial charge in [0.25, 0.3) is 0 Å². The molecular weight excluding hydrogens is 310 g/mol. The van der Waals surface area contributed by atoms with E-state index in [4.69, 9.17) is 21.7 Å². The predicted octanol–water partition coefficient (Wildman–Crippen LogP) is 3.41. The molecule has 0 aliphatic carbocycles. The number of benzene rings is 2. The summed E-state index contributed by atoms with van der Waals surface area (Å²) in [5.74, 6) is 1.42. The molecule has 0 aromatic heterocycles. The fourth-order valence-electron chi connectivity index (χ4n) is 1.97. The maximum atomic E-state index is 5.37. The average molecular weight is 329 g/mol. The molecule has 0 amide bonds. The maximum absolute atomic E-state index is 5.37. The number of methoxy groups -OCH3 is 2. The van der Waals surface area contributed by atoms with E-state index < -0.39 is 0 Å². The van der Waals surface area contributed by atoms with Gasteiger partial charge in [-0.2, -0.15) is 5.10 Å². The zero-order valence-corrected chi connectivity index (χ0v) is 14.1. The van der Waals surface area contributed by atoms with Crippen LogP contribution in [0.1, 0.15) is 12.5 Å². The van der Waals surface area contributed by atoms with Crippen LogP contribution in [-0.2, 0) is 0 Å². The third kappa shape index (κ3) is 4.69. The van der Waals surface area contributed by atoms with Crippen LogP contribution in [0, 0.1) is 0 Å². The van der Waals surface area contributed by atoms with Crippen LogP contribution in [0.4, 0.5) is 5.69 Å². The monoisotopic (exact) mass is 329 g/mol. The second-order valence-corrected chi connectivity index (χ2v) is 5.10. The molecule has 0 atom stereocenters. The van der Waals surface area contributed by atoms with Crippen LogP contribution in [0.2, 0.25) is 0 Å². The fourth-order valence-corrected chi connectivity index (χ4v) is 2.14. The van der Waals surface area contributed by atoms with Crippen molar-refractivity contribution in [3.8, 4) is 11.5 Å². The van der Waals surface area contributed by atoms with E-state index in [1.54, 1.807) is 14.2 Å². The van der Waals surface area contributed by atoms with E-state index >= 15 is 0 Å². The summed E-state index contributed by atoms with van der Waals surface area (Å²) in [6.45, 7) is 1.88. The lowest BCUT2D eigenvalue weighted by molar-refractivity contribution is 0.394.